The van der Waals surface area contributed by atoms with Crippen LogP contribution in [0.3, 0.4) is 0 Å². The van der Waals surface area contributed by atoms with E-state index in [0.717, 1.165) is 5.56 Å². The zero-order valence-corrected chi connectivity index (χ0v) is 17.4. The number of amides is 2. The van der Waals surface area contributed by atoms with Gasteiger partial charge in [-0.25, -0.2) is 4.39 Å². The summed E-state index contributed by atoms with van der Waals surface area (Å²) < 4.78 is 18.2. The van der Waals surface area contributed by atoms with E-state index >= 15 is 0 Å². The van der Waals surface area contributed by atoms with Crippen molar-refractivity contribution in [2.45, 2.75) is 6.54 Å². The lowest BCUT2D eigenvalue weighted by atomic mass is 10.2. The van der Waals surface area contributed by atoms with Gasteiger partial charge in [0.15, 0.2) is 0 Å². The number of para-hydroxylation sites is 2. The van der Waals surface area contributed by atoms with Crippen LogP contribution in [0.2, 0.25) is 0 Å². The van der Waals surface area contributed by atoms with Gasteiger partial charge in [0.2, 0.25) is 5.91 Å². The molecule has 3 aromatic rings. The highest BCUT2D eigenvalue weighted by atomic mass is 19.1. The molecule has 160 valence electrons. The van der Waals surface area contributed by atoms with Gasteiger partial charge < -0.3 is 15.4 Å². The van der Waals surface area contributed by atoms with Crippen molar-refractivity contribution in [1.82, 2.24) is 4.90 Å². The number of likely N-dealkylation sites (N-methyl/N-ethyl adjacent to an activating group) is 1. The van der Waals surface area contributed by atoms with Crippen molar-refractivity contribution >= 4 is 23.2 Å². The zero-order valence-electron chi connectivity index (χ0n) is 17.4. The number of anilines is 2. The molecular formula is C24H24FN3O3. The summed E-state index contributed by atoms with van der Waals surface area (Å²) in [6.45, 7) is 0.698. The first-order valence-corrected chi connectivity index (χ1v) is 9.72. The normalized spacial score (nSPS) is 10.6. The SMILES string of the molecule is COc1ccccc1NC(=O)c1ccc(NC(=O)CN(C)Cc2ccc(F)cc2)cc1. The number of ether oxygens (including phenoxy) is 1. The van der Waals surface area contributed by atoms with Gasteiger partial charge in [-0.15, -0.1) is 0 Å². The van der Waals surface area contributed by atoms with E-state index in [1.165, 1.54) is 12.1 Å². The maximum atomic E-state index is 13.0. The Labute approximate surface area is 180 Å². The number of hydrogen-bond donors (Lipinski definition) is 2. The van der Waals surface area contributed by atoms with Crippen molar-refractivity contribution in [3.63, 3.8) is 0 Å². The fourth-order valence-electron chi connectivity index (χ4n) is 3.05. The minimum atomic E-state index is -0.288. The molecule has 0 heterocycles. The van der Waals surface area contributed by atoms with Crippen molar-refractivity contribution in [3.8, 4) is 5.75 Å². The van der Waals surface area contributed by atoms with E-state index < -0.39 is 0 Å². The number of nitrogens with zero attached hydrogens (tertiary/aromatic N) is 1. The van der Waals surface area contributed by atoms with Crippen LogP contribution < -0.4 is 15.4 Å². The number of hydrogen-bond acceptors (Lipinski definition) is 4. The molecule has 0 spiro atoms. The van der Waals surface area contributed by atoms with Crippen molar-refractivity contribution in [1.29, 1.82) is 0 Å². The topological polar surface area (TPSA) is 70.7 Å². The molecule has 31 heavy (non-hydrogen) atoms. The van der Waals surface area contributed by atoms with Crippen LogP contribution in [0.5, 0.6) is 5.75 Å². The van der Waals surface area contributed by atoms with Crippen molar-refractivity contribution in [2.24, 2.45) is 0 Å². The number of methoxy groups -OCH3 is 1. The lowest BCUT2D eigenvalue weighted by molar-refractivity contribution is -0.117. The molecule has 0 atom stereocenters. The molecule has 0 saturated heterocycles. The van der Waals surface area contributed by atoms with Crippen LogP contribution in [0.25, 0.3) is 0 Å². The third-order valence-electron chi connectivity index (χ3n) is 4.57. The van der Waals surface area contributed by atoms with E-state index in [0.29, 0.717) is 29.2 Å². The van der Waals surface area contributed by atoms with Crippen LogP contribution in [0.1, 0.15) is 15.9 Å². The van der Waals surface area contributed by atoms with Crippen LogP contribution in [0.15, 0.2) is 72.8 Å². The summed E-state index contributed by atoms with van der Waals surface area (Å²) in [5.74, 6) is -0.175. The molecule has 7 heteroatoms. The number of rotatable bonds is 8. The molecule has 2 N–H and O–H groups in total. The molecule has 0 aliphatic heterocycles. The van der Waals surface area contributed by atoms with Crippen LogP contribution in [0.4, 0.5) is 15.8 Å². The number of carbonyl (C=O) groups is 2. The summed E-state index contributed by atoms with van der Waals surface area (Å²) in [6, 6.07) is 20.0. The first-order chi connectivity index (χ1) is 14.9. The van der Waals surface area contributed by atoms with Crippen LogP contribution in [-0.4, -0.2) is 37.4 Å². The molecular weight excluding hydrogens is 397 g/mol. The van der Waals surface area contributed by atoms with Crippen LogP contribution in [-0.2, 0) is 11.3 Å². The maximum Gasteiger partial charge on any atom is 0.255 e. The molecule has 3 aromatic carbocycles. The number of benzene rings is 3. The van der Waals surface area contributed by atoms with Gasteiger partial charge in [0.05, 0.1) is 19.3 Å². The summed E-state index contributed by atoms with van der Waals surface area (Å²) in [5, 5.41) is 5.62. The van der Waals surface area contributed by atoms with Crippen molar-refractivity contribution in [3.05, 3.63) is 89.7 Å². The van der Waals surface area contributed by atoms with Gasteiger partial charge in [-0.2, -0.15) is 0 Å². The molecule has 0 aliphatic rings. The van der Waals surface area contributed by atoms with Gasteiger partial charge >= 0.3 is 0 Å². The third-order valence-corrected chi connectivity index (χ3v) is 4.57. The molecule has 0 aromatic heterocycles. The van der Waals surface area contributed by atoms with Crippen molar-refractivity contribution in [2.75, 3.05) is 31.3 Å². The molecule has 2 amide bonds. The Balaban J connectivity index is 1.52. The van der Waals surface area contributed by atoms with E-state index in [1.54, 1.807) is 55.6 Å². The molecule has 3 rings (SSSR count). The second-order valence-corrected chi connectivity index (χ2v) is 7.08. The quantitative estimate of drug-likeness (QED) is 0.573. The third kappa shape index (κ3) is 6.38. The Morgan fingerprint density at radius 3 is 2.29 bits per heavy atom. The Hall–Kier alpha value is -3.71. The predicted octanol–water partition coefficient (Wildman–Crippen LogP) is 4.16. The van der Waals surface area contributed by atoms with Gasteiger partial charge in [-0.1, -0.05) is 24.3 Å². The Morgan fingerprint density at radius 2 is 1.61 bits per heavy atom. The Morgan fingerprint density at radius 1 is 0.935 bits per heavy atom. The zero-order chi connectivity index (χ0) is 22.2. The fraction of sp³-hybridized carbons (Fsp3) is 0.167. The van der Waals surface area contributed by atoms with Gasteiger partial charge in [0.1, 0.15) is 11.6 Å². The lowest BCUT2D eigenvalue weighted by Gasteiger charge is -2.16. The monoisotopic (exact) mass is 421 g/mol. The van der Waals surface area contributed by atoms with E-state index in [4.69, 9.17) is 4.74 Å². The lowest BCUT2D eigenvalue weighted by Crippen LogP contribution is -2.29. The second-order valence-electron chi connectivity index (χ2n) is 7.08. The average Bonchev–Trinajstić information content (AvgIpc) is 2.76. The minimum absolute atomic E-state index is 0.174. The summed E-state index contributed by atoms with van der Waals surface area (Å²) in [5.41, 5.74) is 2.55. The first kappa shape index (κ1) is 22.0. The van der Waals surface area contributed by atoms with Gasteiger partial charge in [-0.05, 0) is 61.1 Å². The Bertz CT molecular complexity index is 1040. The first-order valence-electron chi connectivity index (χ1n) is 9.72. The second kappa shape index (κ2) is 10.4. The summed E-state index contributed by atoms with van der Waals surface area (Å²) in [6.07, 6.45) is 0. The summed E-state index contributed by atoms with van der Waals surface area (Å²) in [7, 11) is 3.35. The molecule has 0 saturated carbocycles. The Kier molecular flexibility index (Phi) is 7.35. The van der Waals surface area contributed by atoms with E-state index in [1.807, 2.05) is 24.1 Å². The van der Waals surface area contributed by atoms with E-state index in [9.17, 15) is 14.0 Å². The number of nitrogens with one attached hydrogen (secondary N) is 2. The highest BCUT2D eigenvalue weighted by Crippen LogP contribution is 2.23. The number of carbonyl (C=O) groups excluding carboxylic acids is 2. The highest BCUT2D eigenvalue weighted by molar-refractivity contribution is 6.05. The summed E-state index contributed by atoms with van der Waals surface area (Å²) >= 11 is 0. The molecule has 0 bridgehead atoms. The largest absolute Gasteiger partial charge is 0.495 e. The minimum Gasteiger partial charge on any atom is -0.495 e. The molecule has 0 radical (unpaired) electrons. The standard InChI is InChI=1S/C24H24FN3O3/c1-28(15-17-7-11-19(25)12-8-17)16-23(29)26-20-13-9-18(10-14-20)24(30)27-21-5-3-4-6-22(21)31-2/h3-14H,15-16H2,1-2H3,(H,26,29)(H,27,30). The van der Waals surface area contributed by atoms with Crippen molar-refractivity contribution < 1.29 is 18.7 Å². The van der Waals surface area contributed by atoms with Gasteiger partial charge in [-0.3, -0.25) is 14.5 Å². The predicted molar refractivity (Wildman–Crippen MR) is 119 cm³/mol. The van der Waals surface area contributed by atoms with Crippen LogP contribution in [0, 0.1) is 5.82 Å². The molecule has 0 fully saturated rings. The maximum absolute atomic E-state index is 13.0. The van der Waals surface area contributed by atoms with Gasteiger partial charge in [0.25, 0.3) is 5.91 Å². The van der Waals surface area contributed by atoms with E-state index in [-0.39, 0.29) is 24.2 Å². The van der Waals surface area contributed by atoms with Crippen LogP contribution >= 0.6 is 0 Å². The molecule has 0 aliphatic carbocycles. The van der Waals surface area contributed by atoms with E-state index in [2.05, 4.69) is 10.6 Å². The van der Waals surface area contributed by atoms with Gasteiger partial charge in [0, 0.05) is 17.8 Å². The average molecular weight is 421 g/mol. The smallest absolute Gasteiger partial charge is 0.255 e. The number of halogens is 1. The highest BCUT2D eigenvalue weighted by Gasteiger charge is 2.11. The fourth-order valence-corrected chi connectivity index (χ4v) is 3.05. The molecule has 6 nitrogen and oxygen atoms in total. The summed E-state index contributed by atoms with van der Waals surface area (Å²) in [4.78, 5) is 26.6. The molecule has 0 unspecified atom stereocenters.